The minimum Gasteiger partial charge on any atom is -0.484 e. The summed E-state index contributed by atoms with van der Waals surface area (Å²) in [6.45, 7) is 1.73. The van der Waals surface area contributed by atoms with E-state index in [4.69, 9.17) is 10.5 Å². The van der Waals surface area contributed by atoms with E-state index in [1.165, 1.54) is 17.0 Å². The molecule has 0 radical (unpaired) electrons. The molecule has 112 valence electrons. The zero-order chi connectivity index (χ0) is 15.3. The SMILES string of the molecule is CC(CN)N(C)C(=O)COc1cccc(C(F)(F)F)c1. The summed E-state index contributed by atoms with van der Waals surface area (Å²) in [7, 11) is 1.56. The Morgan fingerprint density at radius 2 is 2.10 bits per heavy atom. The Bertz CT molecular complexity index is 463. The van der Waals surface area contributed by atoms with Crippen molar-refractivity contribution in [1.29, 1.82) is 0 Å². The molecule has 1 amide bonds. The second-order valence-corrected chi connectivity index (χ2v) is 4.40. The van der Waals surface area contributed by atoms with Crippen molar-refractivity contribution in [1.82, 2.24) is 4.90 Å². The molecule has 7 heteroatoms. The third-order valence-corrected chi connectivity index (χ3v) is 2.92. The molecule has 0 aromatic heterocycles. The van der Waals surface area contributed by atoms with Crippen LogP contribution >= 0.6 is 0 Å². The number of benzene rings is 1. The van der Waals surface area contributed by atoms with Gasteiger partial charge in [0.1, 0.15) is 5.75 Å². The van der Waals surface area contributed by atoms with Gasteiger partial charge in [0.25, 0.3) is 5.91 Å². The first-order valence-electron chi connectivity index (χ1n) is 6.01. The number of likely N-dealkylation sites (N-methyl/N-ethyl adjacent to an activating group) is 1. The van der Waals surface area contributed by atoms with E-state index in [0.29, 0.717) is 6.54 Å². The van der Waals surface area contributed by atoms with Gasteiger partial charge in [-0.15, -0.1) is 0 Å². The molecule has 0 aliphatic rings. The smallest absolute Gasteiger partial charge is 0.416 e. The lowest BCUT2D eigenvalue weighted by Gasteiger charge is -2.23. The van der Waals surface area contributed by atoms with Gasteiger partial charge in [0.05, 0.1) is 5.56 Å². The molecule has 0 fully saturated rings. The molecule has 0 aliphatic heterocycles. The summed E-state index contributed by atoms with van der Waals surface area (Å²) in [6, 6.07) is 4.24. The fourth-order valence-electron chi connectivity index (χ4n) is 1.41. The van der Waals surface area contributed by atoms with Gasteiger partial charge in [0, 0.05) is 19.6 Å². The number of carbonyl (C=O) groups excluding carboxylic acids is 1. The number of hydrogen-bond acceptors (Lipinski definition) is 3. The molecule has 0 spiro atoms. The number of nitrogens with zero attached hydrogens (tertiary/aromatic N) is 1. The molecule has 1 aromatic rings. The molecule has 1 atom stereocenters. The van der Waals surface area contributed by atoms with Crippen molar-refractivity contribution in [2.45, 2.75) is 19.1 Å². The number of hydrogen-bond donors (Lipinski definition) is 1. The summed E-state index contributed by atoms with van der Waals surface area (Å²) in [5.74, 6) is -0.345. The van der Waals surface area contributed by atoms with E-state index in [2.05, 4.69) is 0 Å². The largest absolute Gasteiger partial charge is 0.484 e. The Balaban J connectivity index is 2.64. The number of carbonyl (C=O) groups is 1. The predicted octanol–water partition coefficient (Wildman–Crippen LogP) is 1.89. The summed E-state index contributed by atoms with van der Waals surface area (Å²) in [5.41, 5.74) is 4.61. The van der Waals surface area contributed by atoms with E-state index in [1.54, 1.807) is 14.0 Å². The van der Waals surface area contributed by atoms with Crippen molar-refractivity contribution in [3.8, 4) is 5.75 Å². The lowest BCUT2D eigenvalue weighted by Crippen LogP contribution is -2.42. The lowest BCUT2D eigenvalue weighted by atomic mass is 10.2. The van der Waals surface area contributed by atoms with Gasteiger partial charge in [-0.3, -0.25) is 4.79 Å². The van der Waals surface area contributed by atoms with Crippen LogP contribution in [0.15, 0.2) is 24.3 Å². The van der Waals surface area contributed by atoms with Crippen LogP contribution in [0.2, 0.25) is 0 Å². The van der Waals surface area contributed by atoms with Crippen LogP contribution in [0.25, 0.3) is 0 Å². The first-order chi connectivity index (χ1) is 9.25. The van der Waals surface area contributed by atoms with Crippen LogP contribution in [0.4, 0.5) is 13.2 Å². The minimum absolute atomic E-state index is 0.00183. The molecule has 1 rings (SSSR count). The standard InChI is InChI=1S/C13H17F3N2O2/c1-9(7-17)18(2)12(19)8-20-11-5-3-4-10(6-11)13(14,15)16/h3-6,9H,7-8,17H2,1-2H3. The molecular formula is C13H17F3N2O2. The van der Waals surface area contributed by atoms with Gasteiger partial charge in [0.2, 0.25) is 0 Å². The summed E-state index contributed by atoms with van der Waals surface area (Å²) >= 11 is 0. The van der Waals surface area contributed by atoms with Gasteiger partial charge in [-0.2, -0.15) is 13.2 Å². The van der Waals surface area contributed by atoms with E-state index in [1.807, 2.05) is 0 Å². The van der Waals surface area contributed by atoms with E-state index in [9.17, 15) is 18.0 Å². The van der Waals surface area contributed by atoms with Crippen molar-refractivity contribution in [3.05, 3.63) is 29.8 Å². The maximum absolute atomic E-state index is 12.5. The second kappa shape index (κ2) is 6.60. The van der Waals surface area contributed by atoms with Gasteiger partial charge >= 0.3 is 6.18 Å². The quantitative estimate of drug-likeness (QED) is 0.901. The number of amides is 1. The van der Waals surface area contributed by atoms with E-state index >= 15 is 0 Å². The molecule has 2 N–H and O–H groups in total. The Labute approximate surface area is 115 Å². The highest BCUT2D eigenvalue weighted by molar-refractivity contribution is 5.77. The normalized spacial score (nSPS) is 12.9. The molecule has 0 aliphatic carbocycles. The molecule has 1 unspecified atom stereocenters. The summed E-state index contributed by atoms with van der Waals surface area (Å²) < 4.78 is 42.6. The number of ether oxygens (including phenoxy) is 1. The third-order valence-electron chi connectivity index (χ3n) is 2.92. The molecule has 0 heterocycles. The molecule has 1 aromatic carbocycles. The molecule has 20 heavy (non-hydrogen) atoms. The Kier molecular flexibility index (Phi) is 5.38. The van der Waals surface area contributed by atoms with Crippen LogP contribution < -0.4 is 10.5 Å². The van der Waals surface area contributed by atoms with Crippen LogP contribution in [0.5, 0.6) is 5.75 Å². The second-order valence-electron chi connectivity index (χ2n) is 4.40. The van der Waals surface area contributed by atoms with Crippen LogP contribution in [0.1, 0.15) is 12.5 Å². The van der Waals surface area contributed by atoms with Crippen molar-refractivity contribution in [2.75, 3.05) is 20.2 Å². The fraction of sp³-hybridized carbons (Fsp3) is 0.462. The van der Waals surface area contributed by atoms with E-state index in [-0.39, 0.29) is 24.3 Å². The first-order valence-corrected chi connectivity index (χ1v) is 6.01. The zero-order valence-corrected chi connectivity index (χ0v) is 11.3. The molecule has 0 saturated carbocycles. The molecule has 0 saturated heterocycles. The molecule has 4 nitrogen and oxygen atoms in total. The number of rotatable bonds is 5. The van der Waals surface area contributed by atoms with Gasteiger partial charge < -0.3 is 15.4 Å². The van der Waals surface area contributed by atoms with Crippen LogP contribution in [-0.2, 0) is 11.0 Å². The van der Waals surface area contributed by atoms with E-state index < -0.39 is 11.7 Å². The average molecular weight is 290 g/mol. The molecule has 0 bridgehead atoms. The highest BCUT2D eigenvalue weighted by Gasteiger charge is 2.30. The van der Waals surface area contributed by atoms with Gasteiger partial charge in [-0.1, -0.05) is 6.07 Å². The van der Waals surface area contributed by atoms with Crippen molar-refractivity contribution >= 4 is 5.91 Å². The van der Waals surface area contributed by atoms with Crippen LogP contribution in [-0.4, -0.2) is 37.0 Å². The monoisotopic (exact) mass is 290 g/mol. The van der Waals surface area contributed by atoms with Gasteiger partial charge in [-0.05, 0) is 25.1 Å². The Hall–Kier alpha value is -1.76. The minimum atomic E-state index is -4.44. The van der Waals surface area contributed by atoms with Crippen molar-refractivity contribution in [2.24, 2.45) is 5.73 Å². The Morgan fingerprint density at radius 1 is 1.45 bits per heavy atom. The van der Waals surface area contributed by atoms with E-state index in [0.717, 1.165) is 12.1 Å². The maximum atomic E-state index is 12.5. The number of alkyl halides is 3. The van der Waals surface area contributed by atoms with Crippen LogP contribution in [0.3, 0.4) is 0 Å². The summed E-state index contributed by atoms with van der Waals surface area (Å²) in [6.07, 6.45) is -4.44. The highest BCUT2D eigenvalue weighted by atomic mass is 19.4. The Morgan fingerprint density at radius 3 is 2.65 bits per heavy atom. The van der Waals surface area contributed by atoms with Gasteiger partial charge in [0.15, 0.2) is 6.61 Å². The third kappa shape index (κ3) is 4.41. The maximum Gasteiger partial charge on any atom is 0.416 e. The average Bonchev–Trinajstić information content (AvgIpc) is 2.42. The lowest BCUT2D eigenvalue weighted by molar-refractivity contribution is -0.137. The topological polar surface area (TPSA) is 55.6 Å². The first kappa shape index (κ1) is 16.3. The van der Waals surface area contributed by atoms with Crippen LogP contribution in [0, 0.1) is 0 Å². The summed E-state index contributed by atoms with van der Waals surface area (Å²) in [5, 5.41) is 0. The number of halogens is 3. The molecular weight excluding hydrogens is 273 g/mol. The number of nitrogens with two attached hydrogens (primary N) is 1. The fourth-order valence-corrected chi connectivity index (χ4v) is 1.41. The van der Waals surface area contributed by atoms with Crippen molar-refractivity contribution in [3.63, 3.8) is 0 Å². The zero-order valence-electron chi connectivity index (χ0n) is 11.3. The summed E-state index contributed by atoms with van der Waals surface area (Å²) in [4.78, 5) is 13.1. The highest BCUT2D eigenvalue weighted by Crippen LogP contribution is 2.31. The predicted molar refractivity (Wildman–Crippen MR) is 68.2 cm³/mol. The van der Waals surface area contributed by atoms with Gasteiger partial charge in [-0.25, -0.2) is 0 Å². The van der Waals surface area contributed by atoms with Crippen molar-refractivity contribution < 1.29 is 22.7 Å².